The summed E-state index contributed by atoms with van der Waals surface area (Å²) in [6, 6.07) is 9.25. The molecule has 232 valence electrons. The molecule has 4 rings (SSSR count). The van der Waals surface area contributed by atoms with E-state index < -0.39 is 17.4 Å². The second kappa shape index (κ2) is 14.9. The summed E-state index contributed by atoms with van der Waals surface area (Å²) in [5.74, 6) is 0. The maximum atomic E-state index is 13.9. The fourth-order valence-corrected chi connectivity index (χ4v) is 7.73. The first-order chi connectivity index (χ1) is 20.4. The number of carbonyl (C=O) groups is 1. The van der Waals surface area contributed by atoms with Gasteiger partial charge < -0.3 is 9.47 Å². The predicted octanol–water partition coefficient (Wildman–Crippen LogP) is 11.0. The molecule has 2 fully saturated rings. The summed E-state index contributed by atoms with van der Waals surface area (Å²) in [5, 5.41) is 0. The van der Waals surface area contributed by atoms with E-state index in [1.54, 1.807) is 0 Å². The molecule has 2 aromatic carbocycles. The molecule has 2 aliphatic rings. The van der Waals surface area contributed by atoms with Crippen LogP contribution >= 0.6 is 0 Å². The van der Waals surface area contributed by atoms with E-state index in [0.29, 0.717) is 0 Å². The van der Waals surface area contributed by atoms with Gasteiger partial charge in [-0.05, 0) is 122 Å². The van der Waals surface area contributed by atoms with Crippen LogP contribution in [0, 0.1) is 0 Å². The van der Waals surface area contributed by atoms with Crippen LogP contribution in [-0.4, -0.2) is 6.16 Å². The third-order valence-electron chi connectivity index (χ3n) is 9.96. The smallest absolute Gasteiger partial charge is 0.423 e. The van der Waals surface area contributed by atoms with Gasteiger partial charge in [-0.2, -0.15) is 0 Å². The lowest BCUT2D eigenvalue weighted by Crippen LogP contribution is -2.45. The third-order valence-corrected chi connectivity index (χ3v) is 9.96. The van der Waals surface area contributed by atoms with E-state index in [4.69, 9.17) is 9.47 Å². The molecular weight excluding hydrogens is 516 g/mol. The molecule has 0 spiro atoms. The molecule has 0 bridgehead atoms. The van der Waals surface area contributed by atoms with Crippen LogP contribution in [0.2, 0.25) is 0 Å². The summed E-state index contributed by atoms with van der Waals surface area (Å²) in [4.78, 5) is 13.9. The van der Waals surface area contributed by atoms with Gasteiger partial charge in [0.1, 0.15) is 11.2 Å². The molecule has 0 heterocycles. The van der Waals surface area contributed by atoms with Crippen molar-refractivity contribution < 1.29 is 14.3 Å². The maximum absolute atomic E-state index is 13.9. The standard InChI is InChI=1S/C39H58O3/c1-7-15-29-21-23-35(33(19-11-5)31(29)17-9-3)38(25-13-26-38)41-37(40)42-39(27-14-28-39)36-24-22-30(16-8-2)32(18-10-4)34(36)20-12-6/h21-24H,7-20,25-28H2,1-6H3. The van der Waals surface area contributed by atoms with Gasteiger partial charge in [0.15, 0.2) is 0 Å². The van der Waals surface area contributed by atoms with Gasteiger partial charge in [-0.25, -0.2) is 4.79 Å². The van der Waals surface area contributed by atoms with E-state index in [1.807, 2.05) is 0 Å². The summed E-state index contributed by atoms with van der Waals surface area (Å²) < 4.78 is 13.0. The van der Waals surface area contributed by atoms with Gasteiger partial charge in [0.25, 0.3) is 0 Å². The highest BCUT2D eigenvalue weighted by Crippen LogP contribution is 2.51. The second-order valence-electron chi connectivity index (χ2n) is 13.1. The summed E-state index contributed by atoms with van der Waals surface area (Å²) in [6.45, 7) is 13.6. The van der Waals surface area contributed by atoms with Crippen molar-refractivity contribution >= 4 is 6.16 Å². The van der Waals surface area contributed by atoms with Crippen molar-refractivity contribution in [2.45, 2.75) is 168 Å². The molecule has 0 amide bonds. The average Bonchev–Trinajstić information content (AvgIpc) is 2.93. The van der Waals surface area contributed by atoms with Crippen molar-refractivity contribution in [1.29, 1.82) is 0 Å². The normalized spacial score (nSPS) is 16.9. The van der Waals surface area contributed by atoms with Gasteiger partial charge in [0.05, 0.1) is 0 Å². The molecule has 2 aliphatic carbocycles. The second-order valence-corrected chi connectivity index (χ2v) is 13.1. The minimum Gasteiger partial charge on any atom is -0.423 e. The number of rotatable bonds is 16. The molecule has 0 radical (unpaired) electrons. The summed E-state index contributed by atoms with van der Waals surface area (Å²) in [5.41, 5.74) is 10.3. The number of ether oxygens (including phenoxy) is 2. The van der Waals surface area contributed by atoms with Crippen LogP contribution < -0.4 is 0 Å². The Balaban J connectivity index is 1.67. The van der Waals surface area contributed by atoms with E-state index in [2.05, 4.69) is 65.8 Å². The molecule has 3 heteroatoms. The zero-order chi connectivity index (χ0) is 30.2. The zero-order valence-corrected chi connectivity index (χ0v) is 27.8. The highest BCUT2D eigenvalue weighted by molar-refractivity contribution is 5.63. The van der Waals surface area contributed by atoms with Gasteiger partial charge in [0.2, 0.25) is 0 Å². The molecule has 0 saturated heterocycles. The van der Waals surface area contributed by atoms with Crippen LogP contribution in [0.3, 0.4) is 0 Å². The zero-order valence-electron chi connectivity index (χ0n) is 27.8. The molecule has 0 unspecified atom stereocenters. The molecule has 42 heavy (non-hydrogen) atoms. The van der Waals surface area contributed by atoms with Crippen LogP contribution in [0.4, 0.5) is 4.79 Å². The number of carbonyl (C=O) groups excluding carboxylic acids is 1. The quantitative estimate of drug-likeness (QED) is 0.187. The molecule has 3 nitrogen and oxygen atoms in total. The minimum absolute atomic E-state index is 0.469. The van der Waals surface area contributed by atoms with E-state index in [9.17, 15) is 4.79 Å². The topological polar surface area (TPSA) is 35.5 Å². The molecule has 0 aromatic heterocycles. The van der Waals surface area contributed by atoms with E-state index >= 15 is 0 Å². The van der Waals surface area contributed by atoms with E-state index in [1.165, 1.54) is 44.5 Å². The monoisotopic (exact) mass is 574 g/mol. The lowest BCUT2D eigenvalue weighted by molar-refractivity contribution is -0.136. The summed E-state index contributed by atoms with van der Waals surface area (Å²) >= 11 is 0. The minimum atomic E-state index is -0.551. The van der Waals surface area contributed by atoms with Crippen LogP contribution in [0.25, 0.3) is 0 Å². The Bertz CT molecular complexity index is 1090. The van der Waals surface area contributed by atoms with Crippen LogP contribution in [0.5, 0.6) is 0 Å². The SMILES string of the molecule is CCCc1ccc(C2(OC(=O)OC3(c4ccc(CCC)c(CCC)c4CCC)CCC3)CCC2)c(CCC)c1CCC. The summed E-state index contributed by atoms with van der Waals surface area (Å²) in [6.07, 6.45) is 18.5. The predicted molar refractivity (Wildman–Crippen MR) is 175 cm³/mol. The fraction of sp³-hybridized carbons (Fsp3) is 0.667. The Hall–Kier alpha value is -2.29. The van der Waals surface area contributed by atoms with Gasteiger partial charge in [-0.3, -0.25) is 0 Å². The van der Waals surface area contributed by atoms with Crippen molar-refractivity contribution in [3.8, 4) is 0 Å². The van der Waals surface area contributed by atoms with Crippen molar-refractivity contribution in [3.63, 3.8) is 0 Å². The van der Waals surface area contributed by atoms with E-state index in [-0.39, 0.29) is 0 Å². The van der Waals surface area contributed by atoms with Gasteiger partial charge in [-0.15, -0.1) is 0 Å². The highest BCUT2D eigenvalue weighted by Gasteiger charge is 2.49. The number of benzene rings is 2. The molecule has 0 aliphatic heterocycles. The summed E-state index contributed by atoms with van der Waals surface area (Å²) in [7, 11) is 0. The molecule has 2 saturated carbocycles. The number of aryl methyl sites for hydroxylation is 2. The Morgan fingerprint density at radius 1 is 0.524 bits per heavy atom. The van der Waals surface area contributed by atoms with Crippen LogP contribution in [0.1, 0.15) is 163 Å². The van der Waals surface area contributed by atoms with Crippen LogP contribution in [0.15, 0.2) is 24.3 Å². The van der Waals surface area contributed by atoms with Crippen molar-refractivity contribution in [2.75, 3.05) is 0 Å². The van der Waals surface area contributed by atoms with E-state index in [0.717, 1.165) is 116 Å². The van der Waals surface area contributed by atoms with Crippen molar-refractivity contribution in [1.82, 2.24) is 0 Å². The largest absolute Gasteiger partial charge is 0.510 e. The first-order valence-electron chi connectivity index (χ1n) is 17.6. The Kier molecular flexibility index (Phi) is 11.6. The fourth-order valence-electron chi connectivity index (χ4n) is 7.73. The molecule has 0 atom stereocenters. The molecular formula is C39H58O3. The van der Waals surface area contributed by atoms with Crippen molar-refractivity contribution in [2.24, 2.45) is 0 Å². The van der Waals surface area contributed by atoms with Gasteiger partial charge >= 0.3 is 6.16 Å². The van der Waals surface area contributed by atoms with Crippen molar-refractivity contribution in [3.05, 3.63) is 68.8 Å². The average molecular weight is 575 g/mol. The molecule has 0 N–H and O–H groups in total. The number of hydrogen-bond donors (Lipinski definition) is 0. The number of hydrogen-bond acceptors (Lipinski definition) is 3. The first kappa shape index (κ1) is 32.6. The Morgan fingerprint density at radius 3 is 1.14 bits per heavy atom. The van der Waals surface area contributed by atoms with Crippen LogP contribution in [-0.2, 0) is 59.2 Å². The van der Waals surface area contributed by atoms with Gasteiger partial charge in [0, 0.05) is 0 Å². The highest BCUT2D eigenvalue weighted by atomic mass is 16.7. The molecule has 2 aromatic rings. The maximum Gasteiger partial charge on any atom is 0.510 e. The Morgan fingerprint density at radius 2 is 0.857 bits per heavy atom. The third kappa shape index (κ3) is 6.61. The first-order valence-corrected chi connectivity index (χ1v) is 17.6. The lowest BCUT2D eigenvalue weighted by atomic mass is 9.70. The van der Waals surface area contributed by atoms with Gasteiger partial charge in [-0.1, -0.05) is 104 Å². The Labute approximate surface area is 257 Å². The lowest BCUT2D eigenvalue weighted by Gasteiger charge is -2.46.